The molecule has 0 aromatic heterocycles. The van der Waals surface area contributed by atoms with Crippen LogP contribution < -0.4 is 19.8 Å². The largest absolute Gasteiger partial charge is 0.368 e. The second-order valence-corrected chi connectivity index (χ2v) is 11.1. The molecular weight excluding hydrogens is 486 g/mol. The molecular formula is C28H33N5O3S. The third-order valence-corrected chi connectivity index (χ3v) is 8.54. The lowest BCUT2D eigenvalue weighted by molar-refractivity contribution is 0.0747. The van der Waals surface area contributed by atoms with Crippen molar-refractivity contribution < 1.29 is 13.2 Å². The molecule has 2 N–H and O–H groups in total. The third-order valence-electron chi connectivity index (χ3n) is 7.02. The van der Waals surface area contributed by atoms with Crippen LogP contribution >= 0.6 is 0 Å². The standard InChI is InChI=1S/C28H33N5O3S/c1-22-7-5-6-10-27(22)37(35,36)30-25-21-23(11-12-26(25)32-15-13-29-14-16-32)28(34)33-19-17-31(18-20-33)24-8-3-2-4-9-24/h2-12,21,29-30H,13-20H2,1H3. The van der Waals surface area contributed by atoms with E-state index in [-0.39, 0.29) is 10.8 Å². The van der Waals surface area contributed by atoms with Gasteiger partial charge in [-0.3, -0.25) is 9.52 Å². The maximum atomic E-state index is 13.5. The van der Waals surface area contributed by atoms with Crippen LogP contribution in [-0.2, 0) is 10.0 Å². The van der Waals surface area contributed by atoms with E-state index in [9.17, 15) is 13.2 Å². The average Bonchev–Trinajstić information content (AvgIpc) is 2.93. The monoisotopic (exact) mass is 519 g/mol. The Hall–Kier alpha value is -3.56. The van der Waals surface area contributed by atoms with Gasteiger partial charge in [0.05, 0.1) is 16.3 Å². The molecule has 9 heteroatoms. The molecule has 2 fully saturated rings. The van der Waals surface area contributed by atoms with E-state index in [1.54, 1.807) is 31.2 Å². The van der Waals surface area contributed by atoms with Gasteiger partial charge < -0.3 is 20.0 Å². The first-order valence-electron chi connectivity index (χ1n) is 12.7. The lowest BCUT2D eigenvalue weighted by Crippen LogP contribution is -2.48. The van der Waals surface area contributed by atoms with E-state index in [2.05, 4.69) is 32.0 Å². The van der Waals surface area contributed by atoms with E-state index >= 15 is 0 Å². The van der Waals surface area contributed by atoms with Gasteiger partial charge in [0.25, 0.3) is 15.9 Å². The molecule has 1 amide bonds. The average molecular weight is 520 g/mol. The van der Waals surface area contributed by atoms with Gasteiger partial charge in [-0.2, -0.15) is 0 Å². The van der Waals surface area contributed by atoms with Gasteiger partial charge in [0.2, 0.25) is 0 Å². The Bertz CT molecular complexity index is 1350. The number of nitrogens with zero attached hydrogens (tertiary/aromatic N) is 3. The number of sulfonamides is 1. The lowest BCUT2D eigenvalue weighted by atomic mass is 10.1. The van der Waals surface area contributed by atoms with Gasteiger partial charge in [-0.1, -0.05) is 36.4 Å². The smallest absolute Gasteiger partial charge is 0.262 e. The number of anilines is 3. The highest BCUT2D eigenvalue weighted by atomic mass is 32.2. The number of piperazine rings is 2. The topological polar surface area (TPSA) is 85.0 Å². The first kappa shape index (κ1) is 25.1. The summed E-state index contributed by atoms with van der Waals surface area (Å²) in [4.78, 5) is 20.0. The molecule has 0 saturated carbocycles. The number of para-hydroxylation sites is 1. The molecule has 2 aliphatic heterocycles. The summed E-state index contributed by atoms with van der Waals surface area (Å²) < 4.78 is 29.5. The summed E-state index contributed by atoms with van der Waals surface area (Å²) in [5.41, 5.74) is 3.52. The van der Waals surface area contributed by atoms with Gasteiger partial charge in [-0.25, -0.2) is 8.42 Å². The molecule has 194 valence electrons. The molecule has 8 nitrogen and oxygen atoms in total. The molecule has 37 heavy (non-hydrogen) atoms. The Balaban J connectivity index is 1.39. The van der Waals surface area contributed by atoms with Crippen LogP contribution in [0, 0.1) is 6.92 Å². The van der Waals surface area contributed by atoms with Crippen LogP contribution in [0.25, 0.3) is 0 Å². The van der Waals surface area contributed by atoms with Crippen LogP contribution in [0.3, 0.4) is 0 Å². The highest BCUT2D eigenvalue weighted by Gasteiger charge is 2.26. The summed E-state index contributed by atoms with van der Waals surface area (Å²) in [5, 5.41) is 3.33. The number of carbonyl (C=O) groups is 1. The summed E-state index contributed by atoms with van der Waals surface area (Å²) >= 11 is 0. The molecule has 2 heterocycles. The number of nitrogens with one attached hydrogen (secondary N) is 2. The lowest BCUT2D eigenvalue weighted by Gasteiger charge is -2.36. The quantitative estimate of drug-likeness (QED) is 0.521. The Morgan fingerprint density at radius 1 is 0.811 bits per heavy atom. The predicted octanol–water partition coefficient (Wildman–Crippen LogP) is 3.17. The SMILES string of the molecule is Cc1ccccc1S(=O)(=O)Nc1cc(C(=O)N2CCN(c3ccccc3)CC2)ccc1N1CCNCC1. The van der Waals surface area contributed by atoms with Crippen LogP contribution in [0.4, 0.5) is 17.1 Å². The molecule has 0 unspecified atom stereocenters. The van der Waals surface area contributed by atoms with E-state index in [0.717, 1.165) is 50.6 Å². The number of rotatable bonds is 6. The highest BCUT2D eigenvalue weighted by Crippen LogP contribution is 2.31. The van der Waals surface area contributed by atoms with E-state index in [1.807, 2.05) is 41.3 Å². The second-order valence-electron chi connectivity index (χ2n) is 9.45. The van der Waals surface area contributed by atoms with Crippen molar-refractivity contribution in [2.75, 3.05) is 66.9 Å². The van der Waals surface area contributed by atoms with Gasteiger partial charge in [0, 0.05) is 63.6 Å². The molecule has 0 radical (unpaired) electrons. The predicted molar refractivity (Wildman–Crippen MR) is 148 cm³/mol. The number of benzene rings is 3. The van der Waals surface area contributed by atoms with E-state index < -0.39 is 10.0 Å². The summed E-state index contributed by atoms with van der Waals surface area (Å²) in [5.74, 6) is -0.0871. The zero-order valence-electron chi connectivity index (χ0n) is 21.1. The van der Waals surface area contributed by atoms with E-state index in [0.29, 0.717) is 29.9 Å². The van der Waals surface area contributed by atoms with Crippen LogP contribution in [-0.4, -0.2) is 71.6 Å². The molecule has 2 saturated heterocycles. The Morgan fingerprint density at radius 3 is 2.19 bits per heavy atom. The minimum Gasteiger partial charge on any atom is -0.368 e. The van der Waals surface area contributed by atoms with Crippen molar-refractivity contribution in [2.45, 2.75) is 11.8 Å². The minimum absolute atomic E-state index is 0.0871. The zero-order valence-corrected chi connectivity index (χ0v) is 21.9. The Labute approximate surface area is 218 Å². The van der Waals surface area contributed by atoms with Crippen molar-refractivity contribution in [2.24, 2.45) is 0 Å². The van der Waals surface area contributed by atoms with Gasteiger partial charge >= 0.3 is 0 Å². The van der Waals surface area contributed by atoms with Gasteiger partial charge in [-0.05, 0) is 48.9 Å². The molecule has 5 rings (SSSR count). The number of amides is 1. The molecule has 0 bridgehead atoms. The van der Waals surface area contributed by atoms with Crippen molar-refractivity contribution in [3.63, 3.8) is 0 Å². The normalized spacial score (nSPS) is 16.5. The van der Waals surface area contributed by atoms with Crippen LogP contribution in [0.5, 0.6) is 0 Å². The molecule has 2 aliphatic rings. The maximum absolute atomic E-state index is 13.5. The fourth-order valence-electron chi connectivity index (χ4n) is 4.98. The van der Waals surface area contributed by atoms with Crippen molar-refractivity contribution in [1.29, 1.82) is 0 Å². The van der Waals surface area contributed by atoms with Crippen LogP contribution in [0.2, 0.25) is 0 Å². The summed E-state index contributed by atoms with van der Waals surface area (Å²) in [6, 6.07) is 22.5. The van der Waals surface area contributed by atoms with Crippen molar-refractivity contribution in [3.8, 4) is 0 Å². The summed E-state index contributed by atoms with van der Waals surface area (Å²) in [7, 11) is -3.83. The van der Waals surface area contributed by atoms with Crippen LogP contribution in [0.1, 0.15) is 15.9 Å². The highest BCUT2D eigenvalue weighted by molar-refractivity contribution is 7.92. The first-order chi connectivity index (χ1) is 17.9. The van der Waals surface area contributed by atoms with Gasteiger partial charge in [-0.15, -0.1) is 0 Å². The Morgan fingerprint density at radius 2 is 1.49 bits per heavy atom. The van der Waals surface area contributed by atoms with Crippen LogP contribution in [0.15, 0.2) is 77.7 Å². The minimum atomic E-state index is -3.83. The zero-order chi connectivity index (χ0) is 25.8. The Kier molecular flexibility index (Phi) is 7.34. The molecule has 0 aliphatic carbocycles. The second kappa shape index (κ2) is 10.8. The maximum Gasteiger partial charge on any atom is 0.262 e. The van der Waals surface area contributed by atoms with E-state index in [1.165, 1.54) is 0 Å². The van der Waals surface area contributed by atoms with Crippen molar-refractivity contribution >= 4 is 33.0 Å². The fourth-order valence-corrected chi connectivity index (χ4v) is 6.29. The number of hydrogen-bond donors (Lipinski definition) is 2. The number of carbonyl (C=O) groups excluding carboxylic acids is 1. The first-order valence-corrected chi connectivity index (χ1v) is 14.2. The van der Waals surface area contributed by atoms with Gasteiger partial charge in [0.1, 0.15) is 0 Å². The number of aryl methyl sites for hydroxylation is 1. The molecule has 0 spiro atoms. The number of hydrogen-bond acceptors (Lipinski definition) is 6. The van der Waals surface area contributed by atoms with Crippen molar-refractivity contribution in [3.05, 3.63) is 83.9 Å². The summed E-state index contributed by atoms with van der Waals surface area (Å²) in [6.07, 6.45) is 0. The van der Waals surface area contributed by atoms with Gasteiger partial charge in [0.15, 0.2) is 0 Å². The fraction of sp³-hybridized carbons (Fsp3) is 0.321. The van der Waals surface area contributed by atoms with Crippen molar-refractivity contribution in [1.82, 2.24) is 10.2 Å². The molecule has 3 aromatic carbocycles. The molecule has 3 aromatic rings. The van der Waals surface area contributed by atoms with E-state index in [4.69, 9.17) is 0 Å². The molecule has 0 atom stereocenters. The third kappa shape index (κ3) is 5.57. The summed E-state index contributed by atoms with van der Waals surface area (Å²) in [6.45, 7) is 7.65.